The molecule has 3 rings (SSSR count). The van der Waals surface area contributed by atoms with Crippen molar-refractivity contribution in [2.45, 2.75) is 71.1 Å². The molecule has 0 bridgehead atoms. The number of amides is 3. The van der Waals surface area contributed by atoms with Gasteiger partial charge in [0.15, 0.2) is 0 Å². The van der Waals surface area contributed by atoms with E-state index in [1.807, 2.05) is 43.3 Å². The van der Waals surface area contributed by atoms with Crippen LogP contribution in [0.15, 0.2) is 48.5 Å². The Morgan fingerprint density at radius 1 is 1.14 bits per heavy atom. The number of carbonyl (C=O) groups excluding carboxylic acids is 3. The second kappa shape index (κ2) is 11.3. The molecule has 0 saturated heterocycles. The molecule has 0 radical (unpaired) electrons. The van der Waals surface area contributed by atoms with Gasteiger partial charge in [-0.25, -0.2) is 4.79 Å². The second-order valence-corrected chi connectivity index (χ2v) is 9.82. The number of fused-ring (bicyclic) bond motifs is 1. The summed E-state index contributed by atoms with van der Waals surface area (Å²) in [6.07, 6.45) is 1.37. The molecule has 0 saturated carbocycles. The van der Waals surface area contributed by atoms with Gasteiger partial charge >= 0.3 is 6.09 Å². The van der Waals surface area contributed by atoms with Gasteiger partial charge in [0.05, 0.1) is 0 Å². The first-order chi connectivity index (χ1) is 16.6. The fourth-order valence-electron chi connectivity index (χ4n) is 4.18. The Kier molecular flexibility index (Phi) is 8.38. The Morgan fingerprint density at radius 3 is 2.51 bits per heavy atom. The van der Waals surface area contributed by atoms with Gasteiger partial charge in [-0.05, 0) is 63.3 Å². The highest BCUT2D eigenvalue weighted by atomic mass is 16.6. The van der Waals surface area contributed by atoms with Crippen LogP contribution in [0.25, 0.3) is 0 Å². The molecule has 2 aromatic carbocycles. The van der Waals surface area contributed by atoms with E-state index in [1.54, 1.807) is 37.8 Å². The van der Waals surface area contributed by atoms with Crippen LogP contribution in [0.3, 0.4) is 0 Å². The van der Waals surface area contributed by atoms with Crippen LogP contribution < -0.4 is 21.3 Å². The summed E-state index contributed by atoms with van der Waals surface area (Å²) in [5.74, 6) is -0.611. The molecule has 1 heterocycles. The minimum atomic E-state index is -0.965. The zero-order chi connectivity index (χ0) is 25.6. The maximum atomic E-state index is 13.5. The Morgan fingerprint density at radius 2 is 1.83 bits per heavy atom. The van der Waals surface area contributed by atoms with Gasteiger partial charge in [-0.3, -0.25) is 9.59 Å². The number of benzene rings is 2. The van der Waals surface area contributed by atoms with Crippen molar-refractivity contribution in [1.29, 1.82) is 0 Å². The van der Waals surface area contributed by atoms with E-state index in [2.05, 4.69) is 10.6 Å². The quantitative estimate of drug-likeness (QED) is 0.524. The van der Waals surface area contributed by atoms with Gasteiger partial charge in [-0.1, -0.05) is 43.3 Å². The van der Waals surface area contributed by atoms with Crippen LogP contribution in [0, 0.1) is 0 Å². The van der Waals surface area contributed by atoms with Crippen molar-refractivity contribution >= 4 is 29.3 Å². The molecule has 0 aliphatic carbocycles. The molecule has 3 amide bonds. The smallest absolute Gasteiger partial charge is 0.408 e. The Balaban J connectivity index is 1.81. The third-order valence-electron chi connectivity index (χ3n) is 5.80. The minimum Gasteiger partial charge on any atom is -0.444 e. The van der Waals surface area contributed by atoms with Gasteiger partial charge in [-0.15, -0.1) is 0 Å². The summed E-state index contributed by atoms with van der Waals surface area (Å²) in [5, 5.41) is 5.57. The lowest BCUT2D eigenvalue weighted by Gasteiger charge is -2.28. The highest BCUT2D eigenvalue weighted by Crippen LogP contribution is 2.27. The number of nitrogens with one attached hydrogen (secondary N) is 2. The Hall–Kier alpha value is -3.55. The zero-order valence-corrected chi connectivity index (χ0v) is 21.0. The molecule has 0 aromatic heterocycles. The molecule has 8 heteroatoms. The largest absolute Gasteiger partial charge is 0.444 e. The van der Waals surface area contributed by atoms with Crippen LogP contribution >= 0.6 is 0 Å². The number of rotatable bonds is 7. The lowest BCUT2D eigenvalue weighted by Crippen LogP contribution is -2.55. The molecule has 1 aliphatic rings. The zero-order valence-electron chi connectivity index (χ0n) is 21.0. The predicted molar refractivity (Wildman–Crippen MR) is 137 cm³/mol. The number of para-hydroxylation sites is 2. The number of anilines is 2. The summed E-state index contributed by atoms with van der Waals surface area (Å²) in [5.41, 5.74) is 8.57. The van der Waals surface area contributed by atoms with E-state index in [-0.39, 0.29) is 12.3 Å². The first-order valence-corrected chi connectivity index (χ1v) is 12.1. The number of nitrogens with zero attached hydrogens (tertiary/aromatic N) is 1. The Labute approximate surface area is 207 Å². The van der Waals surface area contributed by atoms with E-state index in [0.717, 1.165) is 23.2 Å². The maximum absolute atomic E-state index is 13.5. The molecule has 2 aromatic rings. The topological polar surface area (TPSA) is 114 Å². The van der Waals surface area contributed by atoms with Crippen molar-refractivity contribution in [3.63, 3.8) is 0 Å². The number of alkyl carbamates (subject to hydrolysis) is 1. The summed E-state index contributed by atoms with van der Waals surface area (Å²) in [4.78, 5) is 41.2. The number of hydrogen-bond acceptors (Lipinski definition) is 5. The molecule has 0 spiro atoms. The van der Waals surface area contributed by atoms with Crippen LogP contribution in [0.2, 0.25) is 0 Å². The molecule has 8 nitrogen and oxygen atoms in total. The van der Waals surface area contributed by atoms with Crippen LogP contribution in [-0.2, 0) is 27.2 Å². The number of aryl methyl sites for hydroxylation is 1. The molecular weight excluding hydrogens is 444 g/mol. The summed E-state index contributed by atoms with van der Waals surface area (Å²) in [6, 6.07) is 13.3. The fraction of sp³-hybridized carbons (Fsp3) is 0.444. The number of nitrogens with two attached hydrogens (primary N) is 1. The average Bonchev–Trinajstić information content (AvgIpc) is 2.91. The van der Waals surface area contributed by atoms with Crippen molar-refractivity contribution < 1.29 is 19.1 Å². The maximum Gasteiger partial charge on any atom is 0.408 e. The molecular formula is C27H36N4O4. The normalized spacial score (nSPS) is 16.6. The van der Waals surface area contributed by atoms with E-state index in [1.165, 1.54) is 0 Å². The highest BCUT2D eigenvalue weighted by molar-refractivity contribution is 6.01. The summed E-state index contributed by atoms with van der Waals surface area (Å²) < 4.78 is 5.37. The fourth-order valence-corrected chi connectivity index (χ4v) is 4.18. The van der Waals surface area contributed by atoms with Crippen molar-refractivity contribution in [3.05, 3.63) is 59.7 Å². The van der Waals surface area contributed by atoms with E-state index in [0.29, 0.717) is 25.1 Å². The van der Waals surface area contributed by atoms with Crippen LogP contribution in [0.5, 0.6) is 0 Å². The monoisotopic (exact) mass is 480 g/mol. The van der Waals surface area contributed by atoms with Crippen LogP contribution in [-0.4, -0.2) is 42.1 Å². The first-order valence-electron chi connectivity index (χ1n) is 12.1. The molecule has 4 N–H and O–H groups in total. The summed E-state index contributed by atoms with van der Waals surface area (Å²) in [7, 11) is 0. The standard InChI is InChI=1S/C27H36N4O4/c1-5-16-31-23-13-9-7-10-18(23)14-15-21(25(31)33)29-24(32)22(30-26(34)35-27(2,3)4)17-19-11-6-8-12-20(19)28/h6-13,21-22H,5,14-17,28H2,1-4H3,(H,29,32)(H,30,34). The lowest BCUT2D eigenvalue weighted by atomic mass is 10.0. The molecule has 1 aliphatic heterocycles. The lowest BCUT2D eigenvalue weighted by molar-refractivity contribution is -0.128. The molecule has 0 fully saturated rings. The Bertz CT molecular complexity index is 1060. The van der Waals surface area contributed by atoms with E-state index in [9.17, 15) is 14.4 Å². The third-order valence-corrected chi connectivity index (χ3v) is 5.80. The van der Waals surface area contributed by atoms with E-state index >= 15 is 0 Å². The van der Waals surface area contributed by atoms with Gasteiger partial charge in [-0.2, -0.15) is 0 Å². The average molecular weight is 481 g/mol. The minimum absolute atomic E-state index is 0.152. The van der Waals surface area contributed by atoms with Crippen molar-refractivity contribution in [1.82, 2.24) is 10.6 Å². The van der Waals surface area contributed by atoms with E-state index < -0.39 is 29.7 Å². The van der Waals surface area contributed by atoms with E-state index in [4.69, 9.17) is 10.5 Å². The summed E-state index contributed by atoms with van der Waals surface area (Å²) in [6.45, 7) is 7.82. The first kappa shape index (κ1) is 26.1. The molecule has 2 unspecified atom stereocenters. The molecule has 2 atom stereocenters. The number of ether oxygens (including phenoxy) is 1. The van der Waals surface area contributed by atoms with Gasteiger partial charge in [0.1, 0.15) is 17.7 Å². The van der Waals surface area contributed by atoms with Crippen molar-refractivity contribution in [3.8, 4) is 0 Å². The van der Waals surface area contributed by atoms with Crippen molar-refractivity contribution in [2.24, 2.45) is 0 Å². The third kappa shape index (κ3) is 6.97. The van der Waals surface area contributed by atoms with Gasteiger partial charge in [0.2, 0.25) is 11.8 Å². The highest BCUT2D eigenvalue weighted by Gasteiger charge is 2.33. The molecule has 35 heavy (non-hydrogen) atoms. The molecule has 188 valence electrons. The second-order valence-electron chi connectivity index (χ2n) is 9.82. The number of nitrogen functional groups attached to an aromatic ring is 1. The van der Waals surface area contributed by atoms with Crippen LogP contribution in [0.4, 0.5) is 16.2 Å². The summed E-state index contributed by atoms with van der Waals surface area (Å²) >= 11 is 0. The van der Waals surface area contributed by atoms with Crippen molar-refractivity contribution in [2.75, 3.05) is 17.2 Å². The van der Waals surface area contributed by atoms with Gasteiger partial charge in [0, 0.05) is 24.3 Å². The van der Waals surface area contributed by atoms with Gasteiger partial charge in [0.25, 0.3) is 0 Å². The SMILES string of the molecule is CCCN1C(=O)C(NC(=O)C(Cc2ccccc2N)NC(=O)OC(C)(C)C)CCc2ccccc21. The number of hydrogen-bond donors (Lipinski definition) is 3. The van der Waals surface area contributed by atoms with Gasteiger partial charge < -0.3 is 26.0 Å². The van der Waals surface area contributed by atoms with Crippen LogP contribution in [0.1, 0.15) is 51.7 Å². The number of carbonyl (C=O) groups is 3. The predicted octanol–water partition coefficient (Wildman–Crippen LogP) is 3.58.